The molecule has 0 saturated carbocycles. The molecule has 102 valence electrons. The van der Waals surface area contributed by atoms with Crippen molar-refractivity contribution in [2.45, 2.75) is 19.4 Å². The first-order chi connectivity index (χ1) is 8.97. The normalized spacial score (nSPS) is 18.4. The van der Waals surface area contributed by atoms with Crippen LogP contribution in [0.3, 0.4) is 0 Å². The number of benzene rings is 1. The Labute approximate surface area is 122 Å². The lowest BCUT2D eigenvalue weighted by Gasteiger charge is -2.22. The number of halogens is 1. The molecule has 1 aromatic carbocycles. The summed E-state index contributed by atoms with van der Waals surface area (Å²) in [6.07, 6.45) is 0.906. The smallest absolute Gasteiger partial charge is 0.217 e. The Morgan fingerprint density at radius 3 is 2.95 bits per heavy atom. The van der Waals surface area contributed by atoms with E-state index in [1.54, 1.807) is 6.07 Å². The molecule has 2 rings (SSSR count). The van der Waals surface area contributed by atoms with Gasteiger partial charge in [-0.1, -0.05) is 23.8 Å². The summed E-state index contributed by atoms with van der Waals surface area (Å²) < 4.78 is 0. The van der Waals surface area contributed by atoms with E-state index in [1.807, 2.05) is 12.1 Å². The van der Waals surface area contributed by atoms with Crippen LogP contribution in [0, 0.1) is 0 Å². The summed E-state index contributed by atoms with van der Waals surface area (Å²) >= 11 is 11.1. The van der Waals surface area contributed by atoms with Crippen molar-refractivity contribution in [3.05, 3.63) is 28.8 Å². The molecule has 3 N–H and O–H groups in total. The molecule has 0 aromatic heterocycles. The topological polar surface area (TPSA) is 58.4 Å². The van der Waals surface area contributed by atoms with Crippen molar-refractivity contribution < 1.29 is 4.79 Å². The highest BCUT2D eigenvalue weighted by molar-refractivity contribution is 7.80. The molecule has 1 saturated heterocycles. The van der Waals surface area contributed by atoms with Gasteiger partial charge in [-0.3, -0.25) is 4.79 Å². The van der Waals surface area contributed by atoms with Gasteiger partial charge in [0.2, 0.25) is 5.91 Å². The van der Waals surface area contributed by atoms with Crippen LogP contribution in [-0.4, -0.2) is 30.0 Å². The van der Waals surface area contributed by atoms with Gasteiger partial charge in [-0.25, -0.2) is 0 Å². The van der Waals surface area contributed by atoms with Crippen molar-refractivity contribution >= 4 is 40.4 Å². The van der Waals surface area contributed by atoms with E-state index in [-0.39, 0.29) is 11.9 Å². The second-order valence-corrected chi connectivity index (χ2v) is 5.53. The van der Waals surface area contributed by atoms with Crippen LogP contribution in [0.2, 0.25) is 5.02 Å². The maximum Gasteiger partial charge on any atom is 0.217 e. The summed E-state index contributed by atoms with van der Waals surface area (Å²) in [5.41, 5.74) is 7.50. The average molecular weight is 298 g/mol. The van der Waals surface area contributed by atoms with Gasteiger partial charge in [0, 0.05) is 42.3 Å². The van der Waals surface area contributed by atoms with Gasteiger partial charge in [0.1, 0.15) is 4.99 Å². The summed E-state index contributed by atoms with van der Waals surface area (Å²) in [4.78, 5) is 13.6. The Morgan fingerprint density at radius 1 is 1.58 bits per heavy atom. The molecule has 1 atom stereocenters. The van der Waals surface area contributed by atoms with Crippen LogP contribution in [0.5, 0.6) is 0 Å². The third-order valence-corrected chi connectivity index (χ3v) is 3.62. The molecule has 6 heteroatoms. The molecule has 1 aliphatic rings. The van der Waals surface area contributed by atoms with Crippen LogP contribution < -0.4 is 16.0 Å². The number of thiocarbonyl (C=S) groups is 1. The first kappa shape index (κ1) is 14.1. The van der Waals surface area contributed by atoms with Gasteiger partial charge in [-0.05, 0) is 24.6 Å². The van der Waals surface area contributed by atoms with Crippen molar-refractivity contribution in [3.8, 4) is 0 Å². The first-order valence-electron chi connectivity index (χ1n) is 6.09. The number of nitrogens with zero attached hydrogens (tertiary/aromatic N) is 1. The van der Waals surface area contributed by atoms with E-state index in [1.165, 1.54) is 6.92 Å². The average Bonchev–Trinajstić information content (AvgIpc) is 2.75. The van der Waals surface area contributed by atoms with Gasteiger partial charge < -0.3 is 16.0 Å². The monoisotopic (exact) mass is 297 g/mol. The van der Waals surface area contributed by atoms with E-state index in [4.69, 9.17) is 29.6 Å². The van der Waals surface area contributed by atoms with Crippen molar-refractivity contribution in [2.24, 2.45) is 5.73 Å². The molecule has 19 heavy (non-hydrogen) atoms. The molecule has 1 aromatic rings. The SMILES string of the molecule is CC(=O)NC1CCN(c2cc(Cl)ccc2C(N)=S)C1. The molecule has 1 aliphatic heterocycles. The summed E-state index contributed by atoms with van der Waals surface area (Å²) in [6, 6.07) is 5.65. The lowest BCUT2D eigenvalue weighted by Crippen LogP contribution is -2.35. The van der Waals surface area contributed by atoms with E-state index in [9.17, 15) is 4.79 Å². The van der Waals surface area contributed by atoms with Gasteiger partial charge in [-0.15, -0.1) is 0 Å². The number of carbonyl (C=O) groups excluding carboxylic acids is 1. The summed E-state index contributed by atoms with van der Waals surface area (Å²) in [6.45, 7) is 3.12. The van der Waals surface area contributed by atoms with Gasteiger partial charge >= 0.3 is 0 Å². The van der Waals surface area contributed by atoms with E-state index < -0.39 is 0 Å². The second-order valence-electron chi connectivity index (χ2n) is 4.66. The highest BCUT2D eigenvalue weighted by Gasteiger charge is 2.25. The fourth-order valence-electron chi connectivity index (χ4n) is 2.36. The zero-order valence-electron chi connectivity index (χ0n) is 10.6. The molecular formula is C13H16ClN3OS. The number of carbonyl (C=O) groups is 1. The van der Waals surface area contributed by atoms with Crippen molar-refractivity contribution in [1.29, 1.82) is 0 Å². The Hall–Kier alpha value is -1.33. The molecule has 1 unspecified atom stereocenters. The predicted molar refractivity (Wildman–Crippen MR) is 81.8 cm³/mol. The first-order valence-corrected chi connectivity index (χ1v) is 6.87. The number of hydrogen-bond acceptors (Lipinski definition) is 3. The third kappa shape index (κ3) is 3.36. The highest BCUT2D eigenvalue weighted by Crippen LogP contribution is 2.28. The molecular weight excluding hydrogens is 282 g/mol. The van der Waals surface area contributed by atoms with Gasteiger partial charge in [0.05, 0.1) is 0 Å². The molecule has 1 fully saturated rings. The zero-order valence-corrected chi connectivity index (χ0v) is 12.2. The molecule has 1 amide bonds. The maximum absolute atomic E-state index is 11.1. The van der Waals surface area contributed by atoms with Crippen LogP contribution in [0.4, 0.5) is 5.69 Å². The second kappa shape index (κ2) is 5.75. The highest BCUT2D eigenvalue weighted by atomic mass is 35.5. The van der Waals surface area contributed by atoms with Crippen molar-refractivity contribution in [3.63, 3.8) is 0 Å². The molecule has 0 bridgehead atoms. The molecule has 0 aliphatic carbocycles. The van der Waals surface area contributed by atoms with E-state index in [0.717, 1.165) is 30.8 Å². The van der Waals surface area contributed by atoms with Crippen LogP contribution in [-0.2, 0) is 4.79 Å². The third-order valence-electron chi connectivity index (χ3n) is 3.16. The van der Waals surface area contributed by atoms with Crippen molar-refractivity contribution in [2.75, 3.05) is 18.0 Å². The number of anilines is 1. The summed E-state index contributed by atoms with van der Waals surface area (Å²) in [7, 11) is 0. The fourth-order valence-corrected chi connectivity index (χ4v) is 2.70. The largest absolute Gasteiger partial charge is 0.389 e. The Balaban J connectivity index is 2.21. The molecule has 0 radical (unpaired) electrons. The molecule has 0 spiro atoms. The molecule has 4 nitrogen and oxygen atoms in total. The Morgan fingerprint density at radius 2 is 2.32 bits per heavy atom. The Bertz CT molecular complexity index is 521. The Kier molecular flexibility index (Phi) is 4.27. The van der Waals surface area contributed by atoms with Crippen LogP contribution >= 0.6 is 23.8 Å². The standard InChI is InChI=1S/C13H16ClN3OS/c1-8(18)16-10-4-5-17(7-10)12-6-9(14)2-3-11(12)13(15)19/h2-3,6,10H,4-5,7H2,1H3,(H2,15,19)(H,16,18). The van der Waals surface area contributed by atoms with Crippen LogP contribution in [0.25, 0.3) is 0 Å². The number of nitrogens with two attached hydrogens (primary N) is 1. The summed E-state index contributed by atoms with van der Waals surface area (Å²) in [5, 5.41) is 3.58. The number of nitrogens with one attached hydrogen (secondary N) is 1. The number of rotatable bonds is 3. The van der Waals surface area contributed by atoms with E-state index >= 15 is 0 Å². The number of hydrogen-bond donors (Lipinski definition) is 2. The maximum atomic E-state index is 11.1. The minimum atomic E-state index is -0.00693. The lowest BCUT2D eigenvalue weighted by molar-refractivity contribution is -0.119. The minimum absolute atomic E-state index is 0.00693. The van der Waals surface area contributed by atoms with Crippen LogP contribution in [0.1, 0.15) is 18.9 Å². The number of amides is 1. The minimum Gasteiger partial charge on any atom is -0.389 e. The van der Waals surface area contributed by atoms with Gasteiger partial charge in [0.15, 0.2) is 0 Å². The van der Waals surface area contributed by atoms with Gasteiger partial charge in [0.25, 0.3) is 0 Å². The van der Waals surface area contributed by atoms with E-state index in [2.05, 4.69) is 10.2 Å². The quantitative estimate of drug-likeness (QED) is 0.834. The fraction of sp³-hybridized carbons (Fsp3) is 0.385. The lowest BCUT2D eigenvalue weighted by atomic mass is 10.1. The summed E-state index contributed by atoms with van der Waals surface area (Å²) in [5.74, 6) is -0.00693. The van der Waals surface area contributed by atoms with Crippen LogP contribution in [0.15, 0.2) is 18.2 Å². The van der Waals surface area contributed by atoms with E-state index in [0.29, 0.717) is 10.0 Å². The zero-order chi connectivity index (χ0) is 14.0. The van der Waals surface area contributed by atoms with Gasteiger partial charge in [-0.2, -0.15) is 0 Å². The molecule has 1 heterocycles. The predicted octanol–water partition coefficient (Wildman–Crippen LogP) is 1.69. The van der Waals surface area contributed by atoms with Crippen molar-refractivity contribution in [1.82, 2.24) is 5.32 Å².